The largest absolute Gasteiger partial charge is 0.339 e. The Bertz CT molecular complexity index is 923. The lowest BCUT2D eigenvalue weighted by Crippen LogP contribution is -2.50. The molecule has 0 aliphatic carbocycles. The van der Waals surface area contributed by atoms with Crippen LogP contribution in [0.4, 0.5) is 0 Å². The summed E-state index contributed by atoms with van der Waals surface area (Å²) >= 11 is 1.15. The first kappa shape index (κ1) is 18.6. The van der Waals surface area contributed by atoms with Crippen molar-refractivity contribution in [2.75, 3.05) is 31.9 Å². The first-order chi connectivity index (χ1) is 12.5. The molecule has 0 spiro atoms. The molecule has 26 heavy (non-hydrogen) atoms. The summed E-state index contributed by atoms with van der Waals surface area (Å²) in [6.07, 6.45) is 1.39. The van der Waals surface area contributed by atoms with E-state index in [0.717, 1.165) is 11.8 Å². The van der Waals surface area contributed by atoms with E-state index >= 15 is 0 Å². The summed E-state index contributed by atoms with van der Waals surface area (Å²) in [6, 6.07) is 9.58. The van der Waals surface area contributed by atoms with E-state index < -0.39 is 10.0 Å². The third-order valence-electron chi connectivity index (χ3n) is 3.95. The third kappa shape index (κ3) is 4.32. The van der Waals surface area contributed by atoms with Crippen LogP contribution in [0.15, 0.2) is 57.4 Å². The predicted octanol–water partition coefficient (Wildman–Crippen LogP) is 0.395. The Balaban J connectivity index is 1.55. The molecule has 1 aromatic heterocycles. The van der Waals surface area contributed by atoms with Gasteiger partial charge in [-0.25, -0.2) is 13.4 Å². The summed E-state index contributed by atoms with van der Waals surface area (Å²) in [5.74, 6) is 0.0246. The third-order valence-corrected chi connectivity index (χ3v) is 6.74. The Morgan fingerprint density at radius 3 is 2.46 bits per heavy atom. The van der Waals surface area contributed by atoms with Crippen molar-refractivity contribution in [2.24, 2.45) is 0 Å². The van der Waals surface area contributed by atoms with E-state index in [1.807, 2.05) is 0 Å². The molecular weight excluding hydrogens is 376 g/mol. The van der Waals surface area contributed by atoms with Crippen LogP contribution in [-0.2, 0) is 14.8 Å². The van der Waals surface area contributed by atoms with Crippen molar-refractivity contribution in [3.05, 3.63) is 52.9 Å². The van der Waals surface area contributed by atoms with Gasteiger partial charge in [-0.2, -0.15) is 4.31 Å². The maximum atomic E-state index is 12.6. The standard InChI is InChI=1S/C16H18N4O4S2/c21-14-6-7-17-16(18-14)25-12-15(22)19-8-10-20(11-9-19)26(23,24)13-4-2-1-3-5-13/h1-7H,8-12H2,(H,17,18,21). The molecule has 0 unspecified atom stereocenters. The zero-order chi connectivity index (χ0) is 18.6. The lowest BCUT2D eigenvalue weighted by molar-refractivity contribution is -0.129. The fraction of sp³-hybridized carbons (Fsp3) is 0.312. The highest BCUT2D eigenvalue weighted by Gasteiger charge is 2.29. The van der Waals surface area contributed by atoms with Gasteiger partial charge in [-0.05, 0) is 12.1 Å². The first-order valence-electron chi connectivity index (χ1n) is 7.98. The number of nitrogens with one attached hydrogen (secondary N) is 1. The minimum atomic E-state index is -3.53. The average molecular weight is 394 g/mol. The molecule has 0 atom stereocenters. The minimum Gasteiger partial charge on any atom is -0.339 e. The molecule has 1 saturated heterocycles. The Morgan fingerprint density at radius 1 is 1.12 bits per heavy atom. The van der Waals surface area contributed by atoms with Gasteiger partial charge in [0.2, 0.25) is 15.9 Å². The molecule has 1 aliphatic rings. The van der Waals surface area contributed by atoms with Crippen molar-refractivity contribution in [2.45, 2.75) is 10.1 Å². The van der Waals surface area contributed by atoms with Crippen molar-refractivity contribution in [1.29, 1.82) is 0 Å². The van der Waals surface area contributed by atoms with Crippen molar-refractivity contribution < 1.29 is 13.2 Å². The number of rotatable bonds is 5. The number of sulfonamides is 1. The molecule has 1 aromatic carbocycles. The monoisotopic (exact) mass is 394 g/mol. The number of nitrogens with zero attached hydrogens (tertiary/aromatic N) is 3. The molecule has 1 aliphatic heterocycles. The number of carbonyl (C=O) groups excluding carboxylic acids is 1. The lowest BCUT2D eigenvalue weighted by Gasteiger charge is -2.34. The minimum absolute atomic E-state index is 0.113. The molecular formula is C16H18N4O4S2. The second kappa shape index (κ2) is 8.02. The molecule has 1 amide bonds. The van der Waals surface area contributed by atoms with Gasteiger partial charge in [0, 0.05) is 38.4 Å². The molecule has 0 radical (unpaired) electrons. The number of hydrogen-bond donors (Lipinski definition) is 1. The van der Waals surface area contributed by atoms with Crippen LogP contribution in [0, 0.1) is 0 Å². The molecule has 0 bridgehead atoms. The van der Waals surface area contributed by atoms with Crippen LogP contribution in [-0.4, -0.2) is 65.4 Å². The van der Waals surface area contributed by atoms with Crippen molar-refractivity contribution in [3.63, 3.8) is 0 Å². The van der Waals surface area contributed by atoms with Crippen molar-refractivity contribution in [3.8, 4) is 0 Å². The summed E-state index contributed by atoms with van der Waals surface area (Å²) in [5, 5.41) is 0.385. The average Bonchev–Trinajstić information content (AvgIpc) is 2.67. The molecule has 2 aromatic rings. The molecule has 0 saturated carbocycles. The zero-order valence-electron chi connectivity index (χ0n) is 13.9. The van der Waals surface area contributed by atoms with Gasteiger partial charge in [0.25, 0.3) is 5.56 Å². The number of benzene rings is 1. The van der Waals surface area contributed by atoms with Crippen LogP contribution in [0.3, 0.4) is 0 Å². The van der Waals surface area contributed by atoms with Gasteiger partial charge in [-0.1, -0.05) is 30.0 Å². The number of H-pyrrole nitrogens is 1. The second-order valence-corrected chi connectivity index (χ2v) is 8.53. The van der Waals surface area contributed by atoms with Gasteiger partial charge >= 0.3 is 0 Å². The number of hydrogen-bond acceptors (Lipinski definition) is 6. The summed E-state index contributed by atoms with van der Waals surface area (Å²) in [4.78, 5) is 31.9. The van der Waals surface area contributed by atoms with Crippen LogP contribution < -0.4 is 5.56 Å². The van der Waals surface area contributed by atoms with E-state index in [2.05, 4.69) is 9.97 Å². The van der Waals surface area contributed by atoms with Crippen molar-refractivity contribution >= 4 is 27.7 Å². The fourth-order valence-electron chi connectivity index (χ4n) is 2.57. The molecule has 1 N–H and O–H groups in total. The summed E-state index contributed by atoms with van der Waals surface area (Å²) in [7, 11) is -3.53. The van der Waals surface area contributed by atoms with Crippen LogP contribution in [0.1, 0.15) is 0 Å². The number of aromatic nitrogens is 2. The number of piperazine rings is 1. The molecule has 1 fully saturated rings. The second-order valence-electron chi connectivity index (χ2n) is 5.63. The SMILES string of the molecule is O=C(CSc1nccc(=O)[nH]1)N1CCN(S(=O)(=O)c2ccccc2)CC1. The normalized spacial score (nSPS) is 15.8. The Hall–Kier alpha value is -2.17. The molecule has 10 heteroatoms. The van der Waals surface area contributed by atoms with Crippen LogP contribution in [0.5, 0.6) is 0 Å². The van der Waals surface area contributed by atoms with Crippen molar-refractivity contribution in [1.82, 2.24) is 19.2 Å². The maximum absolute atomic E-state index is 12.6. The van der Waals surface area contributed by atoms with E-state index in [-0.39, 0.29) is 35.2 Å². The number of thioether (sulfide) groups is 1. The topological polar surface area (TPSA) is 103 Å². The van der Waals surface area contributed by atoms with Crippen LogP contribution >= 0.6 is 11.8 Å². The van der Waals surface area contributed by atoms with Gasteiger partial charge < -0.3 is 9.88 Å². The van der Waals surface area contributed by atoms with E-state index in [4.69, 9.17) is 0 Å². The molecule has 2 heterocycles. The molecule has 8 nitrogen and oxygen atoms in total. The predicted molar refractivity (Wildman–Crippen MR) is 97.4 cm³/mol. The summed E-state index contributed by atoms with van der Waals surface area (Å²) < 4.78 is 26.6. The smallest absolute Gasteiger partial charge is 0.251 e. The Morgan fingerprint density at radius 2 is 1.81 bits per heavy atom. The quantitative estimate of drug-likeness (QED) is 0.581. The van der Waals surface area contributed by atoms with Crippen LogP contribution in [0.25, 0.3) is 0 Å². The van der Waals surface area contributed by atoms with Gasteiger partial charge in [-0.15, -0.1) is 0 Å². The van der Waals surface area contributed by atoms with Gasteiger partial charge in [0.05, 0.1) is 10.6 Å². The van der Waals surface area contributed by atoms with E-state index in [1.165, 1.54) is 16.6 Å². The highest BCUT2D eigenvalue weighted by Crippen LogP contribution is 2.18. The Labute approximate surface area is 155 Å². The highest BCUT2D eigenvalue weighted by molar-refractivity contribution is 7.99. The Kier molecular flexibility index (Phi) is 5.74. The summed E-state index contributed by atoms with van der Waals surface area (Å²) in [5.41, 5.74) is -0.269. The van der Waals surface area contributed by atoms with E-state index in [0.29, 0.717) is 18.2 Å². The molecule has 3 rings (SSSR count). The van der Waals surface area contributed by atoms with E-state index in [1.54, 1.807) is 35.2 Å². The lowest BCUT2D eigenvalue weighted by atomic mass is 10.3. The fourth-order valence-corrected chi connectivity index (χ4v) is 4.76. The van der Waals surface area contributed by atoms with Gasteiger partial charge in [0.15, 0.2) is 5.16 Å². The zero-order valence-corrected chi connectivity index (χ0v) is 15.5. The maximum Gasteiger partial charge on any atom is 0.251 e. The number of aromatic amines is 1. The van der Waals surface area contributed by atoms with Gasteiger partial charge in [-0.3, -0.25) is 9.59 Å². The number of carbonyl (C=O) groups is 1. The summed E-state index contributed by atoms with van der Waals surface area (Å²) in [6.45, 7) is 1.19. The van der Waals surface area contributed by atoms with Gasteiger partial charge in [0.1, 0.15) is 0 Å². The van der Waals surface area contributed by atoms with Crippen LogP contribution in [0.2, 0.25) is 0 Å². The number of amides is 1. The molecule has 138 valence electrons. The van der Waals surface area contributed by atoms with E-state index in [9.17, 15) is 18.0 Å². The highest BCUT2D eigenvalue weighted by atomic mass is 32.2. The first-order valence-corrected chi connectivity index (χ1v) is 10.4.